The van der Waals surface area contributed by atoms with Crippen molar-refractivity contribution in [3.05, 3.63) is 78.1 Å². The average Bonchev–Trinajstić information content (AvgIpc) is 3.32. The van der Waals surface area contributed by atoms with Crippen LogP contribution in [0.4, 0.5) is 0 Å². The molecule has 0 unspecified atom stereocenters. The Morgan fingerprint density at radius 3 is 2.76 bits per heavy atom. The highest BCUT2D eigenvalue weighted by molar-refractivity contribution is 6.00. The van der Waals surface area contributed by atoms with Crippen LogP contribution in [0.2, 0.25) is 0 Å². The lowest BCUT2D eigenvalue weighted by Crippen LogP contribution is -2.26. The lowest BCUT2D eigenvalue weighted by atomic mass is 10.0. The van der Waals surface area contributed by atoms with E-state index in [9.17, 15) is 4.79 Å². The number of carbonyl (C=O) groups excluding carboxylic acids is 1. The summed E-state index contributed by atoms with van der Waals surface area (Å²) in [6.07, 6.45) is 4.47. The van der Waals surface area contributed by atoms with Crippen LogP contribution in [0.1, 0.15) is 15.9 Å². The summed E-state index contributed by atoms with van der Waals surface area (Å²) in [7, 11) is 0. The summed E-state index contributed by atoms with van der Waals surface area (Å²) in [5, 5.41) is 11.1. The first kappa shape index (κ1) is 15.2. The number of nitrogens with one attached hydrogen (secondary N) is 3. The largest absolute Gasteiger partial charge is 0.361 e. The quantitative estimate of drug-likeness (QED) is 0.524. The van der Waals surface area contributed by atoms with Crippen LogP contribution in [0.3, 0.4) is 0 Å². The van der Waals surface area contributed by atoms with Crippen LogP contribution in [-0.2, 0) is 6.42 Å². The summed E-state index contributed by atoms with van der Waals surface area (Å²) in [4.78, 5) is 15.9. The van der Waals surface area contributed by atoms with Gasteiger partial charge in [0.15, 0.2) is 0 Å². The molecule has 2 aromatic heterocycles. The van der Waals surface area contributed by atoms with Crippen molar-refractivity contribution >= 4 is 16.8 Å². The van der Waals surface area contributed by atoms with Gasteiger partial charge in [-0.2, -0.15) is 5.10 Å². The number of hydrogen-bond donors (Lipinski definition) is 3. The van der Waals surface area contributed by atoms with Crippen molar-refractivity contribution in [2.45, 2.75) is 6.42 Å². The van der Waals surface area contributed by atoms with E-state index in [1.165, 1.54) is 10.9 Å². The van der Waals surface area contributed by atoms with Crippen molar-refractivity contribution in [3.63, 3.8) is 0 Å². The van der Waals surface area contributed by atoms with Gasteiger partial charge in [0.2, 0.25) is 0 Å². The van der Waals surface area contributed by atoms with E-state index in [1.54, 1.807) is 6.20 Å². The molecule has 5 nitrogen and oxygen atoms in total. The number of nitrogens with zero attached hydrogens (tertiary/aromatic N) is 1. The van der Waals surface area contributed by atoms with Crippen LogP contribution in [0.15, 0.2) is 67.0 Å². The summed E-state index contributed by atoms with van der Waals surface area (Å²) in [5.74, 6) is -0.0787. The Morgan fingerprint density at radius 2 is 1.88 bits per heavy atom. The summed E-state index contributed by atoms with van der Waals surface area (Å²) in [6, 6.07) is 17.6. The van der Waals surface area contributed by atoms with Gasteiger partial charge in [-0.3, -0.25) is 9.89 Å². The zero-order chi connectivity index (χ0) is 17.1. The zero-order valence-corrected chi connectivity index (χ0v) is 13.6. The molecule has 0 saturated carbocycles. The highest BCUT2D eigenvalue weighted by Gasteiger charge is 2.13. The Bertz CT molecular complexity index is 1000. The minimum Gasteiger partial charge on any atom is -0.361 e. The summed E-state index contributed by atoms with van der Waals surface area (Å²) in [5.41, 5.74) is 4.66. The Hall–Kier alpha value is -3.34. The molecule has 1 amide bonds. The molecule has 0 bridgehead atoms. The van der Waals surface area contributed by atoms with Gasteiger partial charge >= 0.3 is 0 Å². The van der Waals surface area contributed by atoms with Crippen molar-refractivity contribution in [1.82, 2.24) is 20.5 Å². The predicted octanol–water partition coefficient (Wildman–Crippen LogP) is 3.53. The molecule has 3 N–H and O–H groups in total. The Morgan fingerprint density at radius 1 is 1.04 bits per heavy atom. The number of hydrogen-bond acceptors (Lipinski definition) is 2. The molecule has 0 aliphatic heterocycles. The fraction of sp³-hybridized carbons (Fsp3) is 0.100. The predicted molar refractivity (Wildman–Crippen MR) is 98.4 cm³/mol. The van der Waals surface area contributed by atoms with Crippen molar-refractivity contribution in [2.24, 2.45) is 0 Å². The van der Waals surface area contributed by atoms with E-state index in [0.717, 1.165) is 23.2 Å². The molecule has 0 fully saturated rings. The number of amides is 1. The van der Waals surface area contributed by atoms with Gasteiger partial charge in [-0.25, -0.2) is 0 Å². The third-order valence-corrected chi connectivity index (χ3v) is 4.32. The van der Waals surface area contributed by atoms with E-state index in [1.807, 2.05) is 48.7 Å². The first-order valence-electron chi connectivity index (χ1n) is 8.25. The lowest BCUT2D eigenvalue weighted by Gasteiger charge is -2.09. The third-order valence-electron chi connectivity index (χ3n) is 4.32. The molecule has 0 saturated heterocycles. The molecular formula is C20H18N4O. The van der Waals surface area contributed by atoms with Gasteiger partial charge in [-0.1, -0.05) is 36.4 Å². The van der Waals surface area contributed by atoms with E-state index < -0.39 is 0 Å². The zero-order valence-electron chi connectivity index (χ0n) is 13.6. The van der Waals surface area contributed by atoms with Gasteiger partial charge in [0.25, 0.3) is 5.91 Å². The molecule has 4 rings (SSSR count). The van der Waals surface area contributed by atoms with Crippen LogP contribution in [0, 0.1) is 0 Å². The molecule has 25 heavy (non-hydrogen) atoms. The van der Waals surface area contributed by atoms with Crippen molar-refractivity contribution < 1.29 is 4.79 Å². The number of rotatable bonds is 5. The molecule has 0 atom stereocenters. The number of carbonyl (C=O) groups is 1. The molecule has 0 aliphatic carbocycles. The maximum atomic E-state index is 12.6. The maximum absolute atomic E-state index is 12.6. The summed E-state index contributed by atoms with van der Waals surface area (Å²) >= 11 is 0. The molecule has 0 radical (unpaired) electrons. The second kappa shape index (κ2) is 6.65. The van der Waals surface area contributed by atoms with E-state index in [4.69, 9.17) is 0 Å². The van der Waals surface area contributed by atoms with Crippen molar-refractivity contribution in [3.8, 4) is 11.3 Å². The fourth-order valence-electron chi connectivity index (χ4n) is 3.07. The number of benzene rings is 2. The third kappa shape index (κ3) is 3.04. The minimum atomic E-state index is -0.0787. The standard InChI is InChI=1S/C20H18N4O/c25-20(17-7-2-1-6-16(17)19-10-12-23-24-19)21-11-9-14-13-22-18-8-4-3-5-15(14)18/h1-8,10,12-13,22H,9,11H2,(H,21,25)(H,23,24). The van der Waals surface area contributed by atoms with Crippen LogP contribution >= 0.6 is 0 Å². The van der Waals surface area contributed by atoms with Crippen molar-refractivity contribution in [2.75, 3.05) is 6.54 Å². The molecule has 0 aliphatic rings. The van der Waals surface area contributed by atoms with Gasteiger partial charge in [0.05, 0.1) is 5.69 Å². The summed E-state index contributed by atoms with van der Waals surface area (Å²) in [6.45, 7) is 0.581. The van der Waals surface area contributed by atoms with E-state index in [2.05, 4.69) is 32.6 Å². The lowest BCUT2D eigenvalue weighted by molar-refractivity contribution is 0.0955. The number of fused-ring (bicyclic) bond motifs is 1. The SMILES string of the molecule is O=C(NCCc1c[nH]c2ccccc12)c1ccccc1-c1ccn[nH]1. The number of aromatic amines is 2. The van der Waals surface area contributed by atoms with Gasteiger partial charge in [0.1, 0.15) is 0 Å². The Labute approximate surface area is 145 Å². The first-order chi connectivity index (χ1) is 12.3. The van der Waals surface area contributed by atoms with Crippen LogP contribution < -0.4 is 5.32 Å². The van der Waals surface area contributed by atoms with Crippen LogP contribution in [0.25, 0.3) is 22.2 Å². The highest BCUT2D eigenvalue weighted by Crippen LogP contribution is 2.21. The molecule has 124 valence electrons. The molecule has 4 aromatic rings. The number of H-pyrrole nitrogens is 2. The Kier molecular flexibility index (Phi) is 4.04. The van der Waals surface area contributed by atoms with Gasteiger partial charge < -0.3 is 10.3 Å². The highest BCUT2D eigenvalue weighted by atomic mass is 16.1. The van der Waals surface area contributed by atoms with Gasteiger partial charge in [-0.15, -0.1) is 0 Å². The summed E-state index contributed by atoms with van der Waals surface area (Å²) < 4.78 is 0. The minimum absolute atomic E-state index is 0.0787. The number of aromatic nitrogens is 3. The molecule has 0 spiro atoms. The van der Waals surface area contributed by atoms with Crippen LogP contribution in [0.5, 0.6) is 0 Å². The smallest absolute Gasteiger partial charge is 0.251 e. The van der Waals surface area contributed by atoms with Gasteiger partial charge in [-0.05, 0) is 30.2 Å². The van der Waals surface area contributed by atoms with Gasteiger partial charge in [0, 0.05) is 41.0 Å². The maximum Gasteiger partial charge on any atom is 0.251 e. The molecular weight excluding hydrogens is 312 g/mol. The fourth-order valence-corrected chi connectivity index (χ4v) is 3.07. The normalized spacial score (nSPS) is 10.9. The monoisotopic (exact) mass is 330 g/mol. The Balaban J connectivity index is 1.46. The second-order valence-electron chi connectivity index (χ2n) is 5.88. The van der Waals surface area contributed by atoms with Crippen molar-refractivity contribution in [1.29, 1.82) is 0 Å². The average molecular weight is 330 g/mol. The first-order valence-corrected chi connectivity index (χ1v) is 8.25. The molecule has 5 heteroatoms. The second-order valence-corrected chi connectivity index (χ2v) is 5.88. The van der Waals surface area contributed by atoms with E-state index in [-0.39, 0.29) is 5.91 Å². The topological polar surface area (TPSA) is 73.6 Å². The molecule has 2 aromatic carbocycles. The van der Waals surface area contributed by atoms with E-state index >= 15 is 0 Å². The van der Waals surface area contributed by atoms with Crippen LogP contribution in [-0.4, -0.2) is 27.6 Å². The number of para-hydroxylation sites is 1. The van der Waals surface area contributed by atoms with E-state index in [0.29, 0.717) is 12.1 Å². The molecule has 2 heterocycles.